The number of fused-ring (bicyclic) bond motifs is 3. The standard InChI is InChI=1S/C17H11BrN2/c18-12-7-5-11(6-8-12)15-10-9-14-13-3-1-2-4-16(13)20-17(14)19-15/h1-10H,(H,19,20). The molecule has 0 amide bonds. The van der Waals surface area contributed by atoms with Crippen LogP contribution in [0.2, 0.25) is 0 Å². The molecule has 2 nitrogen and oxygen atoms in total. The fraction of sp³-hybridized carbons (Fsp3) is 0. The van der Waals surface area contributed by atoms with E-state index in [0.29, 0.717) is 0 Å². The normalized spacial score (nSPS) is 11.2. The summed E-state index contributed by atoms with van der Waals surface area (Å²) < 4.78 is 1.08. The second kappa shape index (κ2) is 4.46. The fourth-order valence-corrected chi connectivity index (χ4v) is 2.77. The third kappa shape index (κ3) is 1.82. The Kier molecular flexibility index (Phi) is 2.60. The largest absolute Gasteiger partial charge is 0.339 e. The molecular weight excluding hydrogens is 312 g/mol. The van der Waals surface area contributed by atoms with E-state index in [1.165, 1.54) is 10.8 Å². The molecule has 0 aliphatic rings. The first-order valence-electron chi connectivity index (χ1n) is 6.45. The SMILES string of the molecule is Brc1ccc(-c2ccc3c(n2)[nH]c2ccccc23)cc1. The first kappa shape index (κ1) is 11.7. The van der Waals surface area contributed by atoms with Crippen molar-refractivity contribution >= 4 is 37.9 Å². The number of para-hydroxylation sites is 1. The fourth-order valence-electron chi connectivity index (χ4n) is 2.51. The van der Waals surface area contributed by atoms with Crippen molar-refractivity contribution in [3.63, 3.8) is 0 Å². The van der Waals surface area contributed by atoms with Crippen LogP contribution in [0.1, 0.15) is 0 Å². The maximum absolute atomic E-state index is 4.74. The highest BCUT2D eigenvalue weighted by molar-refractivity contribution is 9.10. The lowest BCUT2D eigenvalue weighted by Gasteiger charge is -2.01. The van der Waals surface area contributed by atoms with E-state index in [9.17, 15) is 0 Å². The number of nitrogens with one attached hydrogen (secondary N) is 1. The van der Waals surface area contributed by atoms with Gasteiger partial charge in [0.25, 0.3) is 0 Å². The molecule has 0 saturated carbocycles. The van der Waals surface area contributed by atoms with E-state index in [2.05, 4.69) is 63.4 Å². The summed E-state index contributed by atoms with van der Waals surface area (Å²) in [6, 6.07) is 20.7. The van der Waals surface area contributed by atoms with Crippen molar-refractivity contribution in [2.45, 2.75) is 0 Å². The molecule has 3 heteroatoms. The van der Waals surface area contributed by atoms with E-state index in [-0.39, 0.29) is 0 Å². The number of nitrogens with zero attached hydrogens (tertiary/aromatic N) is 1. The molecule has 0 spiro atoms. The Morgan fingerprint density at radius 1 is 0.800 bits per heavy atom. The maximum Gasteiger partial charge on any atom is 0.139 e. The molecule has 2 heterocycles. The van der Waals surface area contributed by atoms with Crippen molar-refractivity contribution in [1.82, 2.24) is 9.97 Å². The number of halogens is 1. The number of rotatable bonds is 1. The van der Waals surface area contributed by atoms with Crippen LogP contribution in [0.3, 0.4) is 0 Å². The molecule has 0 atom stereocenters. The highest BCUT2D eigenvalue weighted by atomic mass is 79.9. The number of H-pyrrole nitrogens is 1. The smallest absolute Gasteiger partial charge is 0.139 e. The van der Waals surface area contributed by atoms with Gasteiger partial charge in [-0.1, -0.05) is 46.3 Å². The summed E-state index contributed by atoms with van der Waals surface area (Å²) in [6.07, 6.45) is 0. The van der Waals surface area contributed by atoms with E-state index >= 15 is 0 Å². The average molecular weight is 323 g/mol. The summed E-state index contributed by atoms with van der Waals surface area (Å²) in [5.74, 6) is 0. The molecule has 1 N–H and O–H groups in total. The molecule has 0 aliphatic heterocycles. The molecule has 0 saturated heterocycles. The first-order chi connectivity index (χ1) is 9.81. The van der Waals surface area contributed by atoms with Gasteiger partial charge in [-0.2, -0.15) is 0 Å². The average Bonchev–Trinajstić information content (AvgIpc) is 2.85. The Labute approximate surface area is 124 Å². The van der Waals surface area contributed by atoms with Gasteiger partial charge in [0, 0.05) is 26.3 Å². The summed E-state index contributed by atoms with van der Waals surface area (Å²) in [6.45, 7) is 0. The second-order valence-electron chi connectivity index (χ2n) is 4.77. The Morgan fingerprint density at radius 2 is 1.60 bits per heavy atom. The van der Waals surface area contributed by atoms with Crippen molar-refractivity contribution in [1.29, 1.82) is 0 Å². The van der Waals surface area contributed by atoms with Gasteiger partial charge in [-0.3, -0.25) is 0 Å². The molecule has 4 aromatic rings. The van der Waals surface area contributed by atoms with E-state index in [1.54, 1.807) is 0 Å². The Morgan fingerprint density at radius 3 is 2.45 bits per heavy atom. The van der Waals surface area contributed by atoms with Gasteiger partial charge in [-0.15, -0.1) is 0 Å². The van der Waals surface area contributed by atoms with Gasteiger partial charge in [0.1, 0.15) is 5.65 Å². The minimum atomic E-state index is 0.937. The van der Waals surface area contributed by atoms with Gasteiger partial charge in [-0.05, 0) is 30.3 Å². The number of aromatic amines is 1. The van der Waals surface area contributed by atoms with Crippen LogP contribution in [-0.4, -0.2) is 9.97 Å². The van der Waals surface area contributed by atoms with Crippen molar-refractivity contribution < 1.29 is 0 Å². The third-order valence-corrected chi connectivity index (χ3v) is 4.03. The molecule has 4 rings (SSSR count). The molecular formula is C17H11BrN2. The lowest BCUT2D eigenvalue weighted by Crippen LogP contribution is -1.84. The lowest BCUT2D eigenvalue weighted by atomic mass is 10.1. The number of benzene rings is 2. The quantitative estimate of drug-likeness (QED) is 0.516. The minimum absolute atomic E-state index is 0.937. The minimum Gasteiger partial charge on any atom is -0.339 e. The second-order valence-corrected chi connectivity index (χ2v) is 5.69. The van der Waals surface area contributed by atoms with Crippen LogP contribution in [0, 0.1) is 0 Å². The van der Waals surface area contributed by atoms with Crippen LogP contribution in [0.4, 0.5) is 0 Å². The summed E-state index contributed by atoms with van der Waals surface area (Å²) >= 11 is 3.45. The molecule has 2 aromatic heterocycles. The van der Waals surface area contributed by atoms with Crippen molar-refractivity contribution in [2.24, 2.45) is 0 Å². The zero-order valence-electron chi connectivity index (χ0n) is 10.6. The van der Waals surface area contributed by atoms with Crippen LogP contribution < -0.4 is 0 Å². The lowest BCUT2D eigenvalue weighted by molar-refractivity contribution is 1.34. The van der Waals surface area contributed by atoms with E-state index in [1.807, 2.05) is 18.2 Å². The Hall–Kier alpha value is -2.13. The summed E-state index contributed by atoms with van der Waals surface area (Å²) in [4.78, 5) is 8.12. The van der Waals surface area contributed by atoms with E-state index < -0.39 is 0 Å². The van der Waals surface area contributed by atoms with Crippen LogP contribution in [0.15, 0.2) is 65.1 Å². The number of hydrogen-bond acceptors (Lipinski definition) is 1. The van der Waals surface area contributed by atoms with Gasteiger partial charge < -0.3 is 4.98 Å². The number of aromatic nitrogens is 2. The predicted molar refractivity (Wildman–Crippen MR) is 86.7 cm³/mol. The highest BCUT2D eigenvalue weighted by Gasteiger charge is 2.06. The Bertz CT molecular complexity index is 907. The molecule has 0 aliphatic carbocycles. The molecule has 0 radical (unpaired) electrons. The third-order valence-electron chi connectivity index (χ3n) is 3.51. The molecule has 0 unspecified atom stereocenters. The van der Waals surface area contributed by atoms with Gasteiger partial charge in [0.15, 0.2) is 0 Å². The highest BCUT2D eigenvalue weighted by Crippen LogP contribution is 2.27. The summed E-state index contributed by atoms with van der Waals surface area (Å²) in [7, 11) is 0. The molecule has 20 heavy (non-hydrogen) atoms. The Balaban J connectivity index is 1.94. The van der Waals surface area contributed by atoms with Crippen molar-refractivity contribution in [2.75, 3.05) is 0 Å². The predicted octanol–water partition coefficient (Wildman–Crippen LogP) is 5.15. The van der Waals surface area contributed by atoms with Gasteiger partial charge in [0.2, 0.25) is 0 Å². The van der Waals surface area contributed by atoms with Crippen LogP contribution in [0.25, 0.3) is 33.2 Å². The van der Waals surface area contributed by atoms with E-state index in [4.69, 9.17) is 4.98 Å². The monoisotopic (exact) mass is 322 g/mol. The molecule has 0 fully saturated rings. The van der Waals surface area contributed by atoms with Crippen molar-refractivity contribution in [3.8, 4) is 11.3 Å². The molecule has 96 valence electrons. The molecule has 2 aromatic carbocycles. The summed E-state index contributed by atoms with van der Waals surface area (Å²) in [5.41, 5.74) is 4.17. The van der Waals surface area contributed by atoms with Gasteiger partial charge in [0.05, 0.1) is 5.69 Å². The van der Waals surface area contributed by atoms with Crippen molar-refractivity contribution in [3.05, 3.63) is 65.1 Å². The summed E-state index contributed by atoms with van der Waals surface area (Å²) in [5, 5.41) is 2.39. The topological polar surface area (TPSA) is 28.7 Å². The molecule has 0 bridgehead atoms. The van der Waals surface area contributed by atoms with Gasteiger partial charge >= 0.3 is 0 Å². The van der Waals surface area contributed by atoms with Crippen LogP contribution in [-0.2, 0) is 0 Å². The number of pyridine rings is 1. The first-order valence-corrected chi connectivity index (χ1v) is 7.24. The zero-order chi connectivity index (χ0) is 13.5. The van der Waals surface area contributed by atoms with Gasteiger partial charge in [-0.25, -0.2) is 4.98 Å². The van der Waals surface area contributed by atoms with E-state index in [0.717, 1.165) is 26.9 Å². The zero-order valence-corrected chi connectivity index (χ0v) is 12.2. The number of hydrogen-bond donors (Lipinski definition) is 1. The van der Waals surface area contributed by atoms with Crippen LogP contribution in [0.5, 0.6) is 0 Å². The maximum atomic E-state index is 4.74. The van der Waals surface area contributed by atoms with Crippen LogP contribution >= 0.6 is 15.9 Å².